The third-order valence-electron chi connectivity index (χ3n) is 5.37. The first-order valence-corrected chi connectivity index (χ1v) is 11.2. The van der Waals surface area contributed by atoms with Crippen LogP contribution < -0.4 is 5.32 Å². The lowest BCUT2D eigenvalue weighted by atomic mass is 10.0. The van der Waals surface area contributed by atoms with Crippen LogP contribution in [-0.2, 0) is 6.54 Å². The topological polar surface area (TPSA) is 54.2 Å². The maximum atomic E-state index is 14.5. The van der Waals surface area contributed by atoms with E-state index in [0.29, 0.717) is 33.2 Å². The summed E-state index contributed by atoms with van der Waals surface area (Å²) in [6, 6.07) is 19.6. The Bertz CT molecular complexity index is 1250. The molecular weight excluding hydrogens is 491 g/mol. The van der Waals surface area contributed by atoms with Gasteiger partial charge in [0, 0.05) is 16.9 Å². The molecule has 0 amide bonds. The molecule has 1 saturated heterocycles. The smallest absolute Gasteiger partial charge is 0.170 e. The molecule has 0 bridgehead atoms. The van der Waals surface area contributed by atoms with Crippen LogP contribution in [0.3, 0.4) is 0 Å². The van der Waals surface area contributed by atoms with E-state index in [1.165, 1.54) is 6.07 Å². The number of thiocarbonyl (C=S) groups is 1. The molecule has 1 aliphatic heterocycles. The number of hydrogen-bond donors (Lipinski definition) is 1. The highest BCUT2D eigenvalue weighted by Crippen LogP contribution is 2.41. The number of nitrogens with one attached hydrogen (secondary N) is 1. The monoisotopic (exact) mass is 508 g/mol. The van der Waals surface area contributed by atoms with Gasteiger partial charge in [-0.15, -0.1) is 0 Å². The van der Waals surface area contributed by atoms with Gasteiger partial charge in [0.1, 0.15) is 23.4 Å². The highest BCUT2D eigenvalue weighted by Gasteiger charge is 2.41. The van der Waals surface area contributed by atoms with E-state index < -0.39 is 0 Å². The summed E-state index contributed by atoms with van der Waals surface area (Å²) in [6.45, 7) is 0.503. The molecule has 0 unspecified atom stereocenters. The highest BCUT2D eigenvalue weighted by molar-refractivity contribution is 9.10. The lowest BCUT2D eigenvalue weighted by Crippen LogP contribution is -2.29. The number of halogens is 2. The summed E-state index contributed by atoms with van der Waals surface area (Å²) in [5.41, 5.74) is 2.13. The molecule has 32 heavy (non-hydrogen) atoms. The molecule has 0 saturated carbocycles. The maximum Gasteiger partial charge on any atom is 0.170 e. The van der Waals surface area contributed by atoms with Crippen LogP contribution in [0.15, 0.2) is 88.0 Å². The molecule has 8 heteroatoms. The van der Waals surface area contributed by atoms with Crippen molar-refractivity contribution in [2.75, 3.05) is 0 Å². The van der Waals surface area contributed by atoms with Gasteiger partial charge in [0.15, 0.2) is 5.11 Å². The maximum absolute atomic E-state index is 14.5. The van der Waals surface area contributed by atoms with Crippen molar-refractivity contribution in [3.63, 3.8) is 0 Å². The first kappa shape index (κ1) is 20.8. The van der Waals surface area contributed by atoms with Gasteiger partial charge < -0.3 is 14.6 Å². The molecule has 4 heterocycles. The van der Waals surface area contributed by atoms with Gasteiger partial charge in [-0.05, 0) is 66.8 Å². The van der Waals surface area contributed by atoms with Crippen LogP contribution in [-0.4, -0.2) is 20.0 Å². The van der Waals surface area contributed by atoms with E-state index in [1.54, 1.807) is 30.6 Å². The van der Waals surface area contributed by atoms with Crippen molar-refractivity contribution in [2.45, 2.75) is 18.6 Å². The quantitative estimate of drug-likeness (QED) is 0.343. The third kappa shape index (κ3) is 4.03. The summed E-state index contributed by atoms with van der Waals surface area (Å²) in [6.07, 6.45) is 3.51. The summed E-state index contributed by atoms with van der Waals surface area (Å²) in [7, 11) is 0. The van der Waals surface area contributed by atoms with Crippen molar-refractivity contribution in [3.8, 4) is 11.3 Å². The molecule has 0 radical (unpaired) electrons. The van der Waals surface area contributed by atoms with Gasteiger partial charge in [-0.3, -0.25) is 9.97 Å². The Labute approximate surface area is 198 Å². The van der Waals surface area contributed by atoms with Crippen LogP contribution in [0.2, 0.25) is 0 Å². The fraction of sp³-hybridized carbons (Fsp3) is 0.125. The number of pyridine rings is 2. The van der Waals surface area contributed by atoms with E-state index in [-0.39, 0.29) is 17.9 Å². The minimum absolute atomic E-state index is 0.221. The molecule has 3 aromatic heterocycles. The Kier molecular flexibility index (Phi) is 5.71. The molecule has 4 aromatic rings. The molecule has 160 valence electrons. The fourth-order valence-electron chi connectivity index (χ4n) is 3.90. The van der Waals surface area contributed by atoms with Crippen molar-refractivity contribution in [3.05, 3.63) is 107 Å². The average molecular weight is 509 g/mol. The van der Waals surface area contributed by atoms with E-state index in [0.717, 1.165) is 11.4 Å². The third-order valence-corrected chi connectivity index (χ3v) is 6.22. The second-order valence-corrected chi connectivity index (χ2v) is 8.70. The lowest BCUT2D eigenvalue weighted by molar-refractivity contribution is 0.267. The number of nitrogens with zero attached hydrogens (tertiary/aromatic N) is 3. The number of hydrogen-bond acceptors (Lipinski definition) is 4. The zero-order chi connectivity index (χ0) is 22.1. The van der Waals surface area contributed by atoms with Gasteiger partial charge in [0.2, 0.25) is 0 Å². The first-order valence-electron chi connectivity index (χ1n) is 10.0. The Hall–Kier alpha value is -3.10. The van der Waals surface area contributed by atoms with Crippen molar-refractivity contribution in [2.24, 2.45) is 0 Å². The molecule has 2 atom stereocenters. The van der Waals surface area contributed by atoms with Crippen molar-refractivity contribution >= 4 is 33.3 Å². The van der Waals surface area contributed by atoms with Gasteiger partial charge in [0.25, 0.3) is 0 Å². The molecule has 1 aliphatic rings. The average Bonchev–Trinajstić information content (AvgIpc) is 3.40. The van der Waals surface area contributed by atoms with Crippen molar-refractivity contribution < 1.29 is 8.81 Å². The predicted molar refractivity (Wildman–Crippen MR) is 127 cm³/mol. The molecule has 0 aliphatic carbocycles. The zero-order valence-electron chi connectivity index (χ0n) is 16.8. The van der Waals surface area contributed by atoms with Crippen LogP contribution in [0.25, 0.3) is 11.3 Å². The normalized spacial score (nSPS) is 18.1. The van der Waals surface area contributed by atoms with Gasteiger partial charge >= 0.3 is 0 Å². The van der Waals surface area contributed by atoms with Crippen LogP contribution in [0.1, 0.15) is 29.2 Å². The summed E-state index contributed by atoms with van der Waals surface area (Å²) >= 11 is 8.98. The molecule has 5 nitrogen and oxygen atoms in total. The van der Waals surface area contributed by atoms with Gasteiger partial charge in [-0.25, -0.2) is 4.39 Å². The van der Waals surface area contributed by atoms with E-state index >= 15 is 0 Å². The van der Waals surface area contributed by atoms with Crippen LogP contribution >= 0.6 is 28.1 Å². The van der Waals surface area contributed by atoms with Crippen LogP contribution in [0.5, 0.6) is 0 Å². The van der Waals surface area contributed by atoms with Crippen LogP contribution in [0.4, 0.5) is 4.39 Å². The number of benzene rings is 1. The summed E-state index contributed by atoms with van der Waals surface area (Å²) in [4.78, 5) is 11.0. The molecule has 1 fully saturated rings. The lowest BCUT2D eigenvalue weighted by Gasteiger charge is -2.25. The molecule has 1 N–H and O–H groups in total. The Balaban J connectivity index is 1.55. The van der Waals surface area contributed by atoms with Crippen molar-refractivity contribution in [1.82, 2.24) is 20.2 Å². The van der Waals surface area contributed by atoms with E-state index in [1.807, 2.05) is 47.4 Å². The standard InChI is InChI=1S/C24H18BrFN4OS/c25-15-7-8-17(18(26)13-15)20-9-10-21(31-20)23-22(19-6-2-4-12-28-19)29-24(32)30(23)14-16-5-1-3-11-27-16/h1-13,22-23H,14H2,(H,29,32)/t22-,23+/m0/s1. The summed E-state index contributed by atoms with van der Waals surface area (Å²) in [5.74, 6) is 0.772. The second-order valence-electron chi connectivity index (χ2n) is 7.40. The number of aromatic nitrogens is 2. The van der Waals surface area contributed by atoms with Gasteiger partial charge in [-0.1, -0.05) is 28.1 Å². The molecule has 0 spiro atoms. The largest absolute Gasteiger partial charge is 0.459 e. The Morgan fingerprint density at radius 2 is 1.84 bits per heavy atom. The van der Waals surface area contributed by atoms with Gasteiger partial charge in [0.05, 0.1) is 29.5 Å². The summed E-state index contributed by atoms with van der Waals surface area (Å²) < 4.78 is 21.4. The SMILES string of the molecule is Fc1cc(Br)ccc1-c1ccc([C@@H]2[C@H](c3ccccn3)NC(=S)N2Cc2ccccn2)o1. The number of rotatable bonds is 5. The minimum atomic E-state index is -0.355. The predicted octanol–water partition coefficient (Wildman–Crippen LogP) is 5.81. The second kappa shape index (κ2) is 8.80. The van der Waals surface area contributed by atoms with Crippen molar-refractivity contribution in [1.29, 1.82) is 0 Å². The summed E-state index contributed by atoms with van der Waals surface area (Å²) in [5, 5.41) is 3.97. The highest BCUT2D eigenvalue weighted by atomic mass is 79.9. The number of furan rings is 1. The molecule has 5 rings (SSSR count). The molecular formula is C24H18BrFN4OS. The van der Waals surface area contributed by atoms with E-state index in [2.05, 4.69) is 31.2 Å². The fourth-order valence-corrected chi connectivity index (χ4v) is 4.54. The van der Waals surface area contributed by atoms with Gasteiger partial charge in [-0.2, -0.15) is 0 Å². The Morgan fingerprint density at radius 1 is 1.03 bits per heavy atom. The van der Waals surface area contributed by atoms with E-state index in [4.69, 9.17) is 16.6 Å². The first-order chi connectivity index (χ1) is 15.6. The zero-order valence-corrected chi connectivity index (χ0v) is 19.2. The van der Waals surface area contributed by atoms with Crippen LogP contribution in [0, 0.1) is 5.82 Å². The Morgan fingerprint density at radius 3 is 2.56 bits per heavy atom. The van der Waals surface area contributed by atoms with E-state index in [9.17, 15) is 4.39 Å². The molecule has 1 aromatic carbocycles. The minimum Gasteiger partial charge on any atom is -0.459 e.